The summed E-state index contributed by atoms with van der Waals surface area (Å²) in [7, 11) is 0. The maximum atomic E-state index is 10.6. The molecule has 0 aliphatic carbocycles. The zero-order chi connectivity index (χ0) is 20.7. The molecule has 0 fully saturated rings. The molecule has 11 heteroatoms. The second-order valence-electron chi connectivity index (χ2n) is 6.48. The van der Waals surface area contributed by atoms with E-state index < -0.39 is 12.1 Å². The number of fused-ring (bicyclic) bond motifs is 1. The van der Waals surface area contributed by atoms with E-state index in [2.05, 4.69) is 33.3 Å². The summed E-state index contributed by atoms with van der Waals surface area (Å²) in [5.41, 5.74) is 2.37. The smallest absolute Gasteiger partial charge is 0.475 e. The normalized spacial score (nSPS) is 14.9. The van der Waals surface area contributed by atoms with Crippen molar-refractivity contribution in [1.29, 1.82) is 0 Å². The van der Waals surface area contributed by atoms with E-state index in [-0.39, 0.29) is 6.10 Å². The highest BCUT2D eigenvalue weighted by Gasteiger charge is 2.38. The number of thiazole rings is 1. The van der Waals surface area contributed by atoms with E-state index in [1.807, 2.05) is 17.9 Å². The van der Waals surface area contributed by atoms with Crippen LogP contribution in [0.25, 0.3) is 0 Å². The van der Waals surface area contributed by atoms with Crippen molar-refractivity contribution in [3.63, 3.8) is 0 Å². The minimum atomic E-state index is -5.08. The molecule has 156 valence electrons. The van der Waals surface area contributed by atoms with E-state index in [0.717, 1.165) is 38.3 Å². The van der Waals surface area contributed by atoms with Gasteiger partial charge in [0.25, 0.3) is 0 Å². The lowest BCUT2D eigenvalue weighted by atomic mass is 10.3. The lowest BCUT2D eigenvalue weighted by molar-refractivity contribution is -0.192. The minimum Gasteiger partial charge on any atom is -0.475 e. The van der Waals surface area contributed by atoms with Gasteiger partial charge in [-0.15, -0.1) is 11.3 Å². The summed E-state index contributed by atoms with van der Waals surface area (Å²) in [4.78, 5) is 20.3. The van der Waals surface area contributed by atoms with Crippen molar-refractivity contribution >= 4 is 17.3 Å². The molecular weight excluding hydrogens is 397 g/mol. The zero-order valence-corrected chi connectivity index (χ0v) is 16.5. The van der Waals surface area contributed by atoms with Crippen LogP contribution in [0.15, 0.2) is 17.9 Å². The van der Waals surface area contributed by atoms with Crippen LogP contribution in [-0.2, 0) is 35.8 Å². The van der Waals surface area contributed by atoms with Gasteiger partial charge in [-0.05, 0) is 20.3 Å². The van der Waals surface area contributed by atoms with Crippen molar-refractivity contribution in [2.75, 3.05) is 6.54 Å². The van der Waals surface area contributed by atoms with E-state index in [4.69, 9.17) is 14.6 Å². The Hall–Kier alpha value is -1.98. The van der Waals surface area contributed by atoms with Crippen molar-refractivity contribution in [2.24, 2.45) is 0 Å². The predicted molar refractivity (Wildman–Crippen MR) is 96.7 cm³/mol. The Morgan fingerprint density at radius 1 is 1.36 bits per heavy atom. The molecule has 0 spiro atoms. The number of rotatable bonds is 5. The van der Waals surface area contributed by atoms with Crippen LogP contribution in [0.3, 0.4) is 0 Å². The van der Waals surface area contributed by atoms with Gasteiger partial charge in [0.1, 0.15) is 5.01 Å². The molecule has 2 aromatic heterocycles. The highest BCUT2D eigenvalue weighted by Crippen LogP contribution is 2.19. The molecule has 0 saturated carbocycles. The van der Waals surface area contributed by atoms with Crippen molar-refractivity contribution in [1.82, 2.24) is 19.4 Å². The van der Waals surface area contributed by atoms with Crippen LogP contribution in [0, 0.1) is 0 Å². The molecule has 0 amide bonds. The number of carbonyl (C=O) groups is 1. The van der Waals surface area contributed by atoms with Gasteiger partial charge in [-0.1, -0.05) is 0 Å². The average molecular weight is 420 g/mol. The molecule has 0 unspecified atom stereocenters. The number of hydrogen-bond acceptors (Lipinski definition) is 6. The number of aryl methyl sites for hydroxylation is 1. The van der Waals surface area contributed by atoms with Gasteiger partial charge < -0.3 is 14.4 Å². The van der Waals surface area contributed by atoms with Gasteiger partial charge in [-0.2, -0.15) is 13.2 Å². The van der Waals surface area contributed by atoms with Crippen LogP contribution in [0.1, 0.15) is 36.7 Å². The topological polar surface area (TPSA) is 80.5 Å². The molecule has 1 N–H and O–H groups in total. The summed E-state index contributed by atoms with van der Waals surface area (Å²) in [5, 5.41) is 10.3. The van der Waals surface area contributed by atoms with Gasteiger partial charge in [-0.25, -0.2) is 14.8 Å². The van der Waals surface area contributed by atoms with Crippen molar-refractivity contribution in [2.45, 2.75) is 58.8 Å². The summed E-state index contributed by atoms with van der Waals surface area (Å²) in [6, 6.07) is 0. The number of imidazole rings is 1. The number of nitrogens with zero attached hydrogens (tertiary/aromatic N) is 4. The maximum absolute atomic E-state index is 10.6. The SMILES string of the molecule is CC(C)OCc1ncn2c1CN(Cc1nccs1)CCC2.O=C(O)C(F)(F)F. The molecule has 0 saturated heterocycles. The van der Waals surface area contributed by atoms with E-state index in [9.17, 15) is 13.2 Å². The van der Waals surface area contributed by atoms with Gasteiger partial charge in [-0.3, -0.25) is 4.90 Å². The van der Waals surface area contributed by atoms with Gasteiger partial charge >= 0.3 is 12.1 Å². The third-order valence-corrected chi connectivity index (χ3v) is 4.68. The van der Waals surface area contributed by atoms with Crippen LogP contribution in [0.4, 0.5) is 13.2 Å². The third-order valence-electron chi connectivity index (χ3n) is 3.92. The van der Waals surface area contributed by atoms with Gasteiger partial charge in [0.05, 0.1) is 37.0 Å². The fourth-order valence-corrected chi connectivity index (χ4v) is 3.26. The summed E-state index contributed by atoms with van der Waals surface area (Å²) in [6.07, 6.45) is 0.143. The third kappa shape index (κ3) is 6.88. The van der Waals surface area contributed by atoms with Crippen molar-refractivity contribution < 1.29 is 27.8 Å². The van der Waals surface area contributed by atoms with E-state index >= 15 is 0 Å². The van der Waals surface area contributed by atoms with Crippen LogP contribution < -0.4 is 0 Å². The standard InChI is InChI=1S/C15H22N4OS.C2HF3O2/c1-12(2)20-10-13-14-8-18(9-15-16-4-7-21-15)5-3-6-19(14)11-17-13;3-2(4,5)1(6)7/h4,7,11-12H,3,5-6,8-10H2,1-2H3;(H,6,7). The average Bonchev–Trinajstić information content (AvgIpc) is 3.19. The lowest BCUT2D eigenvalue weighted by Crippen LogP contribution is -2.23. The zero-order valence-electron chi connectivity index (χ0n) is 15.6. The van der Waals surface area contributed by atoms with Crippen LogP contribution >= 0.6 is 11.3 Å². The maximum Gasteiger partial charge on any atom is 0.490 e. The quantitative estimate of drug-likeness (QED) is 0.800. The molecule has 3 heterocycles. The number of carboxylic acids is 1. The number of hydrogen-bond donors (Lipinski definition) is 1. The van der Waals surface area contributed by atoms with E-state index in [1.165, 1.54) is 10.7 Å². The first-order valence-electron chi connectivity index (χ1n) is 8.72. The number of alkyl halides is 3. The number of aromatic nitrogens is 3. The summed E-state index contributed by atoms with van der Waals surface area (Å²) in [6.45, 7) is 8.71. The highest BCUT2D eigenvalue weighted by molar-refractivity contribution is 7.09. The Balaban J connectivity index is 0.000000345. The molecule has 0 aromatic carbocycles. The van der Waals surface area contributed by atoms with Crippen LogP contribution in [-0.4, -0.2) is 49.3 Å². The molecule has 1 aliphatic heterocycles. The monoisotopic (exact) mass is 420 g/mol. The first-order valence-corrected chi connectivity index (χ1v) is 9.60. The number of halogens is 3. The van der Waals surface area contributed by atoms with Crippen LogP contribution in [0.2, 0.25) is 0 Å². The Morgan fingerprint density at radius 2 is 2.07 bits per heavy atom. The summed E-state index contributed by atoms with van der Waals surface area (Å²) < 4.78 is 39.7. The summed E-state index contributed by atoms with van der Waals surface area (Å²) in [5.74, 6) is -2.76. The molecule has 3 rings (SSSR count). The largest absolute Gasteiger partial charge is 0.490 e. The van der Waals surface area contributed by atoms with Crippen molar-refractivity contribution in [3.05, 3.63) is 34.3 Å². The Kier molecular flexibility index (Phi) is 7.96. The Labute approximate surface area is 164 Å². The first-order chi connectivity index (χ1) is 13.2. The molecule has 2 aromatic rings. The predicted octanol–water partition coefficient (Wildman–Crippen LogP) is 3.30. The highest BCUT2D eigenvalue weighted by atomic mass is 32.1. The molecule has 0 radical (unpaired) electrons. The summed E-state index contributed by atoms with van der Waals surface area (Å²) >= 11 is 1.73. The number of ether oxygens (including phenoxy) is 1. The fourth-order valence-electron chi connectivity index (χ4n) is 2.60. The van der Waals surface area contributed by atoms with E-state index in [0.29, 0.717) is 6.61 Å². The molecule has 0 bridgehead atoms. The second kappa shape index (κ2) is 9.99. The fraction of sp³-hybridized carbons (Fsp3) is 0.588. The molecular formula is C17H23F3N4O3S. The molecule has 0 atom stereocenters. The second-order valence-corrected chi connectivity index (χ2v) is 7.46. The number of carboxylic acid groups (broad SMARTS) is 1. The van der Waals surface area contributed by atoms with Gasteiger partial charge in [0, 0.05) is 31.2 Å². The Bertz CT molecular complexity index is 747. The van der Waals surface area contributed by atoms with Crippen LogP contribution in [0.5, 0.6) is 0 Å². The van der Waals surface area contributed by atoms with Gasteiger partial charge in [0.15, 0.2) is 0 Å². The number of aliphatic carboxylic acids is 1. The minimum absolute atomic E-state index is 0.236. The molecule has 7 nitrogen and oxygen atoms in total. The molecule has 1 aliphatic rings. The van der Waals surface area contributed by atoms with E-state index in [1.54, 1.807) is 11.3 Å². The van der Waals surface area contributed by atoms with Crippen molar-refractivity contribution in [3.8, 4) is 0 Å². The van der Waals surface area contributed by atoms with Gasteiger partial charge in [0.2, 0.25) is 0 Å². The first kappa shape index (κ1) is 22.3. The Morgan fingerprint density at radius 3 is 2.64 bits per heavy atom. The molecule has 28 heavy (non-hydrogen) atoms. The lowest BCUT2D eigenvalue weighted by Gasteiger charge is -2.18.